The largest absolute Gasteiger partial charge is 0.441 e. The van der Waals surface area contributed by atoms with Gasteiger partial charge in [0.1, 0.15) is 5.52 Å². The molecular weight excluding hydrogens is 224 g/mol. The zero-order chi connectivity index (χ0) is 12.4. The fourth-order valence-electron chi connectivity index (χ4n) is 2.63. The number of benzene rings is 1. The van der Waals surface area contributed by atoms with Crippen LogP contribution in [-0.4, -0.2) is 18.1 Å². The molecule has 2 heterocycles. The number of nitrogens with zero attached hydrogens (tertiary/aromatic N) is 2. The molecule has 1 fully saturated rings. The minimum absolute atomic E-state index is 0.887. The van der Waals surface area contributed by atoms with Crippen LogP contribution in [0.5, 0.6) is 0 Å². The van der Waals surface area contributed by atoms with Crippen molar-refractivity contribution in [2.24, 2.45) is 0 Å². The molecular formula is C15H20N2O. The summed E-state index contributed by atoms with van der Waals surface area (Å²) in [7, 11) is 0. The van der Waals surface area contributed by atoms with Crippen molar-refractivity contribution in [1.82, 2.24) is 4.98 Å². The fraction of sp³-hybridized carbons (Fsp3) is 0.533. The van der Waals surface area contributed by atoms with E-state index in [0.29, 0.717) is 0 Å². The van der Waals surface area contributed by atoms with Gasteiger partial charge >= 0.3 is 0 Å². The van der Waals surface area contributed by atoms with E-state index < -0.39 is 0 Å². The van der Waals surface area contributed by atoms with Crippen molar-refractivity contribution >= 4 is 16.8 Å². The molecule has 0 atom stereocenters. The summed E-state index contributed by atoms with van der Waals surface area (Å²) in [6.45, 7) is 4.49. The van der Waals surface area contributed by atoms with E-state index in [0.717, 1.165) is 42.9 Å². The molecule has 0 radical (unpaired) electrons. The Kier molecular flexibility index (Phi) is 3.22. The Labute approximate surface area is 108 Å². The zero-order valence-corrected chi connectivity index (χ0v) is 11.0. The fourth-order valence-corrected chi connectivity index (χ4v) is 2.63. The summed E-state index contributed by atoms with van der Waals surface area (Å²) in [4.78, 5) is 7.11. The molecule has 0 spiro atoms. The van der Waals surface area contributed by atoms with Crippen LogP contribution in [0.25, 0.3) is 11.1 Å². The van der Waals surface area contributed by atoms with Gasteiger partial charge in [0.05, 0.1) is 5.69 Å². The Bertz CT molecular complexity index is 526. The SMILES string of the molecule is CCCCc1nc2c(N3CCCC3)cccc2o1. The summed E-state index contributed by atoms with van der Waals surface area (Å²) >= 11 is 0. The lowest BCUT2D eigenvalue weighted by Gasteiger charge is -2.17. The van der Waals surface area contributed by atoms with Crippen LogP contribution in [0.1, 0.15) is 38.5 Å². The van der Waals surface area contributed by atoms with Crippen molar-refractivity contribution in [3.05, 3.63) is 24.1 Å². The molecule has 0 unspecified atom stereocenters. The van der Waals surface area contributed by atoms with Gasteiger partial charge < -0.3 is 9.32 Å². The van der Waals surface area contributed by atoms with E-state index in [-0.39, 0.29) is 0 Å². The summed E-state index contributed by atoms with van der Waals surface area (Å²) in [6, 6.07) is 6.27. The van der Waals surface area contributed by atoms with Crippen LogP contribution in [0.3, 0.4) is 0 Å². The second kappa shape index (κ2) is 5.01. The molecule has 1 saturated heterocycles. The first-order valence-corrected chi connectivity index (χ1v) is 7.02. The minimum atomic E-state index is 0.887. The number of oxazole rings is 1. The molecule has 18 heavy (non-hydrogen) atoms. The highest BCUT2D eigenvalue weighted by molar-refractivity contribution is 5.87. The maximum Gasteiger partial charge on any atom is 0.195 e. The van der Waals surface area contributed by atoms with Gasteiger partial charge in [0.2, 0.25) is 0 Å². The molecule has 1 aromatic heterocycles. The van der Waals surface area contributed by atoms with Crippen LogP contribution in [0.2, 0.25) is 0 Å². The smallest absolute Gasteiger partial charge is 0.195 e. The number of fused-ring (bicyclic) bond motifs is 1. The Morgan fingerprint density at radius 2 is 2.11 bits per heavy atom. The van der Waals surface area contributed by atoms with Crippen molar-refractivity contribution in [2.75, 3.05) is 18.0 Å². The quantitative estimate of drug-likeness (QED) is 0.819. The number of hydrogen-bond acceptors (Lipinski definition) is 3. The van der Waals surface area contributed by atoms with Crippen LogP contribution in [0.15, 0.2) is 22.6 Å². The summed E-state index contributed by atoms with van der Waals surface area (Å²) in [5, 5.41) is 0. The van der Waals surface area contributed by atoms with Gasteiger partial charge in [-0.3, -0.25) is 0 Å². The molecule has 0 bridgehead atoms. The lowest BCUT2D eigenvalue weighted by molar-refractivity contribution is 0.517. The van der Waals surface area contributed by atoms with Gasteiger partial charge in [0.15, 0.2) is 11.5 Å². The van der Waals surface area contributed by atoms with Crippen LogP contribution < -0.4 is 4.90 Å². The van der Waals surface area contributed by atoms with Crippen LogP contribution >= 0.6 is 0 Å². The van der Waals surface area contributed by atoms with Crippen molar-refractivity contribution < 1.29 is 4.42 Å². The van der Waals surface area contributed by atoms with E-state index in [9.17, 15) is 0 Å². The van der Waals surface area contributed by atoms with Gasteiger partial charge in [0.25, 0.3) is 0 Å². The number of rotatable bonds is 4. The summed E-state index contributed by atoms with van der Waals surface area (Å²) in [6.07, 6.45) is 5.85. The molecule has 0 aliphatic carbocycles. The molecule has 3 rings (SSSR count). The average molecular weight is 244 g/mol. The lowest BCUT2D eigenvalue weighted by atomic mass is 10.2. The van der Waals surface area contributed by atoms with Gasteiger partial charge in [-0.1, -0.05) is 19.4 Å². The topological polar surface area (TPSA) is 29.3 Å². The number of anilines is 1. The van der Waals surface area contributed by atoms with Crippen LogP contribution in [0.4, 0.5) is 5.69 Å². The zero-order valence-electron chi connectivity index (χ0n) is 11.0. The van der Waals surface area contributed by atoms with E-state index in [1.165, 1.54) is 24.9 Å². The van der Waals surface area contributed by atoms with Gasteiger partial charge in [-0.05, 0) is 31.4 Å². The lowest BCUT2D eigenvalue weighted by Crippen LogP contribution is -2.17. The third-order valence-corrected chi connectivity index (χ3v) is 3.63. The highest BCUT2D eigenvalue weighted by Crippen LogP contribution is 2.29. The molecule has 0 N–H and O–H groups in total. The molecule has 1 aliphatic heterocycles. The predicted octanol–water partition coefficient (Wildman–Crippen LogP) is 3.77. The predicted molar refractivity (Wildman–Crippen MR) is 74.1 cm³/mol. The first-order chi connectivity index (χ1) is 8.88. The Balaban J connectivity index is 1.95. The first kappa shape index (κ1) is 11.6. The molecule has 0 saturated carbocycles. The van der Waals surface area contributed by atoms with Crippen molar-refractivity contribution in [1.29, 1.82) is 0 Å². The standard InChI is InChI=1S/C15H20N2O/c1-2-3-9-14-16-15-12(17-10-4-5-11-17)7-6-8-13(15)18-14/h6-8H,2-5,9-11H2,1H3. The number of aromatic nitrogens is 1. The van der Waals surface area contributed by atoms with E-state index in [1.807, 2.05) is 6.07 Å². The summed E-state index contributed by atoms with van der Waals surface area (Å²) < 4.78 is 5.83. The van der Waals surface area contributed by atoms with Crippen molar-refractivity contribution in [3.63, 3.8) is 0 Å². The van der Waals surface area contributed by atoms with Crippen LogP contribution in [-0.2, 0) is 6.42 Å². The van der Waals surface area contributed by atoms with Crippen molar-refractivity contribution in [2.45, 2.75) is 39.0 Å². The van der Waals surface area contributed by atoms with Crippen LogP contribution in [0, 0.1) is 0 Å². The monoisotopic (exact) mass is 244 g/mol. The second-order valence-electron chi connectivity index (χ2n) is 5.03. The van der Waals surface area contributed by atoms with E-state index in [2.05, 4.69) is 28.9 Å². The first-order valence-electron chi connectivity index (χ1n) is 7.02. The van der Waals surface area contributed by atoms with Crippen molar-refractivity contribution in [3.8, 4) is 0 Å². The summed E-state index contributed by atoms with van der Waals surface area (Å²) in [5.74, 6) is 0.887. The van der Waals surface area contributed by atoms with E-state index in [1.54, 1.807) is 0 Å². The number of aryl methyl sites for hydroxylation is 1. The molecule has 3 heteroatoms. The molecule has 1 aromatic carbocycles. The normalized spacial score (nSPS) is 15.7. The van der Waals surface area contributed by atoms with Gasteiger partial charge in [-0.2, -0.15) is 0 Å². The van der Waals surface area contributed by atoms with Gasteiger partial charge in [-0.25, -0.2) is 4.98 Å². The summed E-state index contributed by atoms with van der Waals surface area (Å²) in [5.41, 5.74) is 3.23. The maximum atomic E-state index is 5.83. The Morgan fingerprint density at radius 3 is 2.89 bits per heavy atom. The number of unbranched alkanes of at least 4 members (excludes halogenated alkanes) is 1. The molecule has 3 nitrogen and oxygen atoms in total. The minimum Gasteiger partial charge on any atom is -0.441 e. The Morgan fingerprint density at radius 1 is 1.28 bits per heavy atom. The van der Waals surface area contributed by atoms with Gasteiger partial charge in [-0.15, -0.1) is 0 Å². The average Bonchev–Trinajstić information content (AvgIpc) is 3.04. The maximum absolute atomic E-state index is 5.83. The molecule has 1 aliphatic rings. The van der Waals surface area contributed by atoms with E-state index in [4.69, 9.17) is 4.42 Å². The third kappa shape index (κ3) is 2.09. The second-order valence-corrected chi connectivity index (χ2v) is 5.03. The molecule has 96 valence electrons. The third-order valence-electron chi connectivity index (χ3n) is 3.63. The number of para-hydroxylation sites is 1. The highest BCUT2D eigenvalue weighted by atomic mass is 16.3. The molecule has 0 amide bonds. The van der Waals surface area contributed by atoms with Gasteiger partial charge in [0, 0.05) is 19.5 Å². The van der Waals surface area contributed by atoms with E-state index >= 15 is 0 Å². The highest BCUT2D eigenvalue weighted by Gasteiger charge is 2.17. The Hall–Kier alpha value is -1.51. The number of hydrogen-bond donors (Lipinski definition) is 0. The molecule has 2 aromatic rings.